The third-order valence-electron chi connectivity index (χ3n) is 4.49. The van der Waals surface area contributed by atoms with E-state index >= 15 is 0 Å². The van der Waals surface area contributed by atoms with Crippen LogP contribution in [-0.2, 0) is 9.84 Å². The molecule has 1 aliphatic rings. The molecule has 2 aromatic rings. The van der Waals surface area contributed by atoms with Crippen molar-refractivity contribution in [2.75, 3.05) is 37.3 Å². The Morgan fingerprint density at radius 2 is 1.81 bits per heavy atom. The summed E-state index contributed by atoms with van der Waals surface area (Å²) in [6.45, 7) is 1.67. The lowest BCUT2D eigenvalue weighted by Gasteiger charge is -2.36. The van der Waals surface area contributed by atoms with Crippen molar-refractivity contribution in [1.82, 2.24) is 4.90 Å². The first-order valence-corrected chi connectivity index (χ1v) is 10.2. The van der Waals surface area contributed by atoms with E-state index in [-0.39, 0.29) is 16.4 Å². The first kappa shape index (κ1) is 18.9. The molecule has 3 rings (SSSR count). The van der Waals surface area contributed by atoms with Crippen LogP contribution in [-0.4, -0.2) is 51.7 Å². The molecule has 0 saturated carbocycles. The summed E-state index contributed by atoms with van der Waals surface area (Å²) in [5.74, 6) is -0.713. The standard InChI is InChI=1S/C19H18FN3O3S/c1-27(25,26)16-4-2-3-15(12-16)19(24)23-9-7-22(8-10-23)18-6-5-14(13-21)11-17(18)20/h2-6,11-12H,7-10H2,1H3. The predicted molar refractivity (Wildman–Crippen MR) is 98.8 cm³/mol. The van der Waals surface area contributed by atoms with Crippen LogP contribution in [0.2, 0.25) is 0 Å². The van der Waals surface area contributed by atoms with Crippen molar-refractivity contribution in [3.8, 4) is 6.07 Å². The van der Waals surface area contributed by atoms with E-state index in [2.05, 4.69) is 0 Å². The van der Waals surface area contributed by atoms with E-state index in [1.807, 2.05) is 11.0 Å². The Morgan fingerprint density at radius 3 is 2.41 bits per heavy atom. The monoisotopic (exact) mass is 387 g/mol. The molecule has 2 aromatic carbocycles. The van der Waals surface area contributed by atoms with Crippen molar-refractivity contribution < 1.29 is 17.6 Å². The molecule has 0 aromatic heterocycles. The number of hydrogen-bond donors (Lipinski definition) is 0. The van der Waals surface area contributed by atoms with Gasteiger partial charge in [0.05, 0.1) is 22.2 Å². The average Bonchev–Trinajstić information content (AvgIpc) is 2.67. The Morgan fingerprint density at radius 1 is 1.11 bits per heavy atom. The molecule has 0 atom stereocenters. The first-order valence-electron chi connectivity index (χ1n) is 8.33. The zero-order valence-electron chi connectivity index (χ0n) is 14.7. The maximum Gasteiger partial charge on any atom is 0.254 e. The van der Waals surface area contributed by atoms with Crippen LogP contribution in [0.4, 0.5) is 10.1 Å². The zero-order chi connectivity index (χ0) is 19.6. The van der Waals surface area contributed by atoms with Crippen LogP contribution >= 0.6 is 0 Å². The summed E-state index contributed by atoms with van der Waals surface area (Å²) in [6, 6.07) is 12.2. The molecule has 1 saturated heterocycles. The van der Waals surface area contributed by atoms with Crippen LogP contribution in [0.5, 0.6) is 0 Å². The number of carbonyl (C=O) groups excluding carboxylic acids is 1. The Balaban J connectivity index is 1.71. The van der Waals surface area contributed by atoms with Crippen molar-refractivity contribution in [2.24, 2.45) is 0 Å². The van der Waals surface area contributed by atoms with Crippen molar-refractivity contribution in [1.29, 1.82) is 5.26 Å². The van der Waals surface area contributed by atoms with E-state index in [0.717, 1.165) is 6.26 Å². The predicted octanol–water partition coefficient (Wildman–Crippen LogP) is 2.06. The summed E-state index contributed by atoms with van der Waals surface area (Å²) >= 11 is 0. The van der Waals surface area contributed by atoms with Gasteiger partial charge in [0.25, 0.3) is 5.91 Å². The van der Waals surface area contributed by atoms with E-state index < -0.39 is 15.7 Å². The Bertz CT molecular complexity index is 1020. The highest BCUT2D eigenvalue weighted by Gasteiger charge is 2.24. The quantitative estimate of drug-likeness (QED) is 0.805. The van der Waals surface area contributed by atoms with E-state index in [9.17, 15) is 17.6 Å². The second-order valence-electron chi connectivity index (χ2n) is 6.36. The van der Waals surface area contributed by atoms with Crippen LogP contribution in [0.15, 0.2) is 47.4 Å². The lowest BCUT2D eigenvalue weighted by atomic mass is 10.1. The van der Waals surface area contributed by atoms with Crippen LogP contribution in [0, 0.1) is 17.1 Å². The Kier molecular flexibility index (Phi) is 5.15. The number of halogens is 1. The number of amides is 1. The summed E-state index contributed by atoms with van der Waals surface area (Å²) in [6.07, 6.45) is 1.10. The van der Waals surface area contributed by atoms with Gasteiger partial charge in [-0.3, -0.25) is 4.79 Å². The summed E-state index contributed by atoms with van der Waals surface area (Å²) in [5.41, 5.74) is 0.979. The summed E-state index contributed by atoms with van der Waals surface area (Å²) < 4.78 is 37.5. The number of benzene rings is 2. The summed E-state index contributed by atoms with van der Waals surface area (Å²) in [5, 5.41) is 8.82. The van der Waals surface area contributed by atoms with Crippen LogP contribution in [0.25, 0.3) is 0 Å². The molecule has 140 valence electrons. The number of rotatable bonds is 3. The smallest absolute Gasteiger partial charge is 0.254 e. The second-order valence-corrected chi connectivity index (χ2v) is 8.37. The number of sulfone groups is 1. The number of anilines is 1. The topological polar surface area (TPSA) is 81.5 Å². The highest BCUT2D eigenvalue weighted by atomic mass is 32.2. The first-order chi connectivity index (χ1) is 12.8. The zero-order valence-corrected chi connectivity index (χ0v) is 15.5. The summed E-state index contributed by atoms with van der Waals surface area (Å²) in [4.78, 5) is 16.2. The highest BCUT2D eigenvalue weighted by molar-refractivity contribution is 7.90. The van der Waals surface area contributed by atoms with Crippen LogP contribution in [0.1, 0.15) is 15.9 Å². The molecule has 8 heteroatoms. The van der Waals surface area contributed by atoms with E-state index in [1.165, 1.54) is 18.2 Å². The number of nitrogens with zero attached hydrogens (tertiary/aromatic N) is 3. The molecule has 1 fully saturated rings. The van der Waals surface area contributed by atoms with Gasteiger partial charge in [-0.2, -0.15) is 5.26 Å². The molecule has 0 radical (unpaired) electrons. The van der Waals surface area contributed by atoms with Crippen molar-refractivity contribution in [3.05, 3.63) is 59.4 Å². The molecule has 0 aliphatic carbocycles. The van der Waals surface area contributed by atoms with Crippen molar-refractivity contribution in [3.63, 3.8) is 0 Å². The molecular weight excluding hydrogens is 369 g/mol. The van der Waals surface area contributed by atoms with Gasteiger partial charge in [-0.25, -0.2) is 12.8 Å². The molecule has 1 aliphatic heterocycles. The molecular formula is C19H18FN3O3S. The fourth-order valence-electron chi connectivity index (χ4n) is 3.03. The second kappa shape index (κ2) is 7.37. The highest BCUT2D eigenvalue weighted by Crippen LogP contribution is 2.22. The van der Waals surface area contributed by atoms with Gasteiger partial charge in [0.15, 0.2) is 9.84 Å². The largest absolute Gasteiger partial charge is 0.366 e. The van der Waals surface area contributed by atoms with Gasteiger partial charge in [-0.15, -0.1) is 0 Å². The Hall–Kier alpha value is -2.92. The molecule has 0 bridgehead atoms. The van der Waals surface area contributed by atoms with Crippen LogP contribution in [0.3, 0.4) is 0 Å². The fourth-order valence-corrected chi connectivity index (χ4v) is 3.69. The van der Waals surface area contributed by atoms with Gasteiger partial charge in [0.1, 0.15) is 5.82 Å². The molecule has 0 N–H and O–H groups in total. The molecule has 6 nitrogen and oxygen atoms in total. The summed E-state index contributed by atoms with van der Waals surface area (Å²) in [7, 11) is -3.39. The van der Waals surface area contributed by atoms with Gasteiger partial charge in [-0.1, -0.05) is 6.07 Å². The molecule has 1 heterocycles. The normalized spacial score (nSPS) is 14.7. The number of piperazine rings is 1. The maximum atomic E-state index is 14.2. The molecule has 1 amide bonds. The minimum Gasteiger partial charge on any atom is -0.366 e. The van der Waals surface area contributed by atoms with Gasteiger partial charge in [0, 0.05) is 38.0 Å². The van der Waals surface area contributed by atoms with Gasteiger partial charge >= 0.3 is 0 Å². The SMILES string of the molecule is CS(=O)(=O)c1cccc(C(=O)N2CCN(c3ccc(C#N)cc3F)CC2)c1. The van der Waals surface area contributed by atoms with E-state index in [0.29, 0.717) is 37.4 Å². The number of hydrogen-bond acceptors (Lipinski definition) is 5. The number of nitriles is 1. The third-order valence-corrected chi connectivity index (χ3v) is 5.60. The Labute approximate surface area is 157 Å². The number of carbonyl (C=O) groups is 1. The van der Waals surface area contributed by atoms with Crippen LogP contribution < -0.4 is 4.90 Å². The van der Waals surface area contributed by atoms with E-state index in [4.69, 9.17) is 5.26 Å². The molecule has 0 spiro atoms. The van der Waals surface area contributed by atoms with E-state index in [1.54, 1.807) is 29.2 Å². The maximum absolute atomic E-state index is 14.2. The lowest BCUT2D eigenvalue weighted by Crippen LogP contribution is -2.49. The van der Waals surface area contributed by atoms with Gasteiger partial charge in [0.2, 0.25) is 0 Å². The van der Waals surface area contributed by atoms with Gasteiger partial charge < -0.3 is 9.80 Å². The van der Waals surface area contributed by atoms with Crippen molar-refractivity contribution >= 4 is 21.4 Å². The average molecular weight is 387 g/mol. The minimum atomic E-state index is -3.39. The van der Waals surface area contributed by atoms with Gasteiger partial charge in [-0.05, 0) is 36.4 Å². The molecule has 0 unspecified atom stereocenters. The fraction of sp³-hybridized carbons (Fsp3) is 0.263. The van der Waals surface area contributed by atoms with Crippen molar-refractivity contribution in [2.45, 2.75) is 4.90 Å². The molecule has 27 heavy (non-hydrogen) atoms. The lowest BCUT2D eigenvalue weighted by molar-refractivity contribution is 0.0746. The minimum absolute atomic E-state index is 0.103. The third kappa shape index (κ3) is 4.09.